The summed E-state index contributed by atoms with van der Waals surface area (Å²) in [5, 5.41) is 2.08. The lowest BCUT2D eigenvalue weighted by molar-refractivity contribution is 0.0749. The molecule has 5 nitrogen and oxygen atoms in total. The quantitative estimate of drug-likeness (QED) is 0.535. The van der Waals surface area contributed by atoms with Gasteiger partial charge in [-0.15, -0.1) is 0 Å². The molecule has 0 aliphatic carbocycles. The molecule has 1 saturated heterocycles. The second-order valence-corrected chi connectivity index (χ2v) is 7.92. The summed E-state index contributed by atoms with van der Waals surface area (Å²) in [6, 6.07) is 16.2. The molecule has 136 valence electrons. The van der Waals surface area contributed by atoms with E-state index in [-0.39, 0.29) is 5.91 Å². The van der Waals surface area contributed by atoms with Crippen molar-refractivity contribution in [2.75, 3.05) is 31.1 Å². The molecule has 1 aliphatic heterocycles. The van der Waals surface area contributed by atoms with Gasteiger partial charge < -0.3 is 14.4 Å². The Labute approximate surface area is 161 Å². The lowest BCUT2D eigenvalue weighted by Gasteiger charge is -2.34. The summed E-state index contributed by atoms with van der Waals surface area (Å²) >= 11 is 1.72. The average molecular weight is 376 g/mol. The zero-order chi connectivity index (χ0) is 18.4. The summed E-state index contributed by atoms with van der Waals surface area (Å²) in [5.41, 5.74) is 2.93. The van der Waals surface area contributed by atoms with Crippen LogP contribution in [0, 0.1) is 0 Å². The fraction of sp³-hybridized carbons (Fsp3) is 0.238. The molecule has 3 heterocycles. The first-order chi connectivity index (χ1) is 13.2. The number of piperazine rings is 1. The first kappa shape index (κ1) is 16.3. The standard InChI is InChI=1S/C21H20N4OS/c1-23-10-9-15-16(5-4-7-18(15)23)20(26)24-11-13-25(14-12-24)21-22-17-6-2-3-8-19(17)27-21/h2-10H,11-14H2,1H3. The molecule has 4 aromatic rings. The third kappa shape index (κ3) is 2.77. The molecule has 5 rings (SSSR count). The molecular weight excluding hydrogens is 356 g/mol. The number of hydrogen-bond donors (Lipinski definition) is 0. The molecule has 0 radical (unpaired) electrons. The number of para-hydroxylation sites is 1. The fourth-order valence-electron chi connectivity index (χ4n) is 3.76. The van der Waals surface area contributed by atoms with E-state index in [0.29, 0.717) is 0 Å². The number of amides is 1. The number of rotatable bonds is 2. The number of anilines is 1. The van der Waals surface area contributed by atoms with E-state index in [1.807, 2.05) is 48.5 Å². The van der Waals surface area contributed by atoms with E-state index in [1.54, 1.807) is 11.3 Å². The Hall–Kier alpha value is -2.86. The second kappa shape index (κ2) is 6.39. The summed E-state index contributed by atoms with van der Waals surface area (Å²) in [6.07, 6.45) is 2.01. The smallest absolute Gasteiger partial charge is 0.254 e. The third-order valence-corrected chi connectivity index (χ3v) is 6.38. The van der Waals surface area contributed by atoms with E-state index < -0.39 is 0 Å². The van der Waals surface area contributed by atoms with Gasteiger partial charge in [0.2, 0.25) is 0 Å². The summed E-state index contributed by atoms with van der Waals surface area (Å²) in [7, 11) is 2.01. The SMILES string of the molecule is Cn1ccc2c(C(=O)N3CCN(c4nc5ccccc5s4)CC3)cccc21. The van der Waals surface area contributed by atoms with Gasteiger partial charge in [-0.3, -0.25) is 4.79 Å². The number of hydrogen-bond acceptors (Lipinski definition) is 4. The van der Waals surface area contributed by atoms with Crippen molar-refractivity contribution in [3.8, 4) is 0 Å². The van der Waals surface area contributed by atoms with Gasteiger partial charge >= 0.3 is 0 Å². The van der Waals surface area contributed by atoms with E-state index >= 15 is 0 Å². The normalized spacial score (nSPS) is 15.0. The van der Waals surface area contributed by atoms with Gasteiger partial charge in [0.05, 0.1) is 10.2 Å². The lowest BCUT2D eigenvalue weighted by Crippen LogP contribution is -2.48. The average Bonchev–Trinajstić information content (AvgIpc) is 3.31. The zero-order valence-corrected chi connectivity index (χ0v) is 15.9. The number of aromatic nitrogens is 2. The molecule has 0 atom stereocenters. The van der Waals surface area contributed by atoms with Gasteiger partial charge in [-0.1, -0.05) is 29.5 Å². The van der Waals surface area contributed by atoms with Gasteiger partial charge in [0.1, 0.15) is 0 Å². The van der Waals surface area contributed by atoms with Crippen LogP contribution in [0.2, 0.25) is 0 Å². The van der Waals surface area contributed by atoms with E-state index in [9.17, 15) is 4.79 Å². The van der Waals surface area contributed by atoms with Gasteiger partial charge in [0, 0.05) is 55.9 Å². The van der Waals surface area contributed by atoms with Crippen LogP contribution in [-0.2, 0) is 7.05 Å². The van der Waals surface area contributed by atoms with Crippen molar-refractivity contribution in [3.63, 3.8) is 0 Å². The van der Waals surface area contributed by atoms with Crippen molar-refractivity contribution in [2.45, 2.75) is 0 Å². The highest BCUT2D eigenvalue weighted by Gasteiger charge is 2.25. The number of carbonyl (C=O) groups excluding carboxylic acids is 1. The molecule has 2 aromatic heterocycles. The first-order valence-corrected chi connectivity index (χ1v) is 9.96. The van der Waals surface area contributed by atoms with Crippen molar-refractivity contribution < 1.29 is 4.79 Å². The van der Waals surface area contributed by atoms with Crippen LogP contribution in [0.25, 0.3) is 21.1 Å². The molecule has 1 fully saturated rings. The van der Waals surface area contributed by atoms with Gasteiger partial charge in [0.15, 0.2) is 5.13 Å². The van der Waals surface area contributed by atoms with Crippen molar-refractivity contribution in [1.29, 1.82) is 0 Å². The van der Waals surface area contributed by atoms with Crippen LogP contribution >= 0.6 is 11.3 Å². The van der Waals surface area contributed by atoms with Crippen LogP contribution in [0.15, 0.2) is 54.7 Å². The number of benzene rings is 2. The number of nitrogens with zero attached hydrogens (tertiary/aromatic N) is 4. The molecule has 0 unspecified atom stereocenters. The lowest BCUT2D eigenvalue weighted by atomic mass is 10.1. The maximum Gasteiger partial charge on any atom is 0.254 e. The predicted octanol–water partition coefficient (Wildman–Crippen LogP) is 3.75. The Morgan fingerprint density at radius 3 is 2.63 bits per heavy atom. The first-order valence-electron chi connectivity index (χ1n) is 9.14. The van der Waals surface area contributed by atoms with E-state index in [2.05, 4.69) is 27.7 Å². The highest BCUT2D eigenvalue weighted by atomic mass is 32.1. The van der Waals surface area contributed by atoms with Crippen molar-refractivity contribution in [1.82, 2.24) is 14.5 Å². The maximum atomic E-state index is 13.1. The van der Waals surface area contributed by atoms with Crippen LogP contribution in [0.5, 0.6) is 0 Å². The van der Waals surface area contributed by atoms with E-state index in [0.717, 1.165) is 53.3 Å². The van der Waals surface area contributed by atoms with E-state index in [1.165, 1.54) is 4.70 Å². The Morgan fingerprint density at radius 2 is 1.81 bits per heavy atom. The summed E-state index contributed by atoms with van der Waals surface area (Å²) < 4.78 is 3.26. The topological polar surface area (TPSA) is 41.4 Å². The van der Waals surface area contributed by atoms with Crippen LogP contribution < -0.4 is 4.90 Å². The molecule has 0 N–H and O–H groups in total. The molecule has 1 amide bonds. The minimum atomic E-state index is 0.121. The van der Waals surface area contributed by atoms with Crippen molar-refractivity contribution in [2.24, 2.45) is 7.05 Å². The van der Waals surface area contributed by atoms with Crippen molar-refractivity contribution in [3.05, 3.63) is 60.3 Å². The van der Waals surface area contributed by atoms with Crippen LogP contribution in [0.4, 0.5) is 5.13 Å². The van der Waals surface area contributed by atoms with Crippen LogP contribution in [-0.4, -0.2) is 46.5 Å². The van der Waals surface area contributed by atoms with Gasteiger partial charge in [-0.05, 0) is 30.3 Å². The number of carbonyl (C=O) groups is 1. The van der Waals surface area contributed by atoms with Gasteiger partial charge in [-0.2, -0.15) is 0 Å². The molecular formula is C21H20N4OS. The Balaban J connectivity index is 1.34. The zero-order valence-electron chi connectivity index (χ0n) is 15.1. The van der Waals surface area contributed by atoms with Crippen molar-refractivity contribution >= 4 is 43.5 Å². The number of thiazole rings is 1. The Morgan fingerprint density at radius 1 is 1.00 bits per heavy atom. The summed E-state index contributed by atoms with van der Waals surface area (Å²) in [6.45, 7) is 3.07. The summed E-state index contributed by atoms with van der Waals surface area (Å²) in [4.78, 5) is 22.1. The minimum Gasteiger partial charge on any atom is -0.351 e. The molecule has 2 aromatic carbocycles. The molecule has 0 spiro atoms. The third-order valence-electron chi connectivity index (χ3n) is 5.28. The largest absolute Gasteiger partial charge is 0.351 e. The van der Waals surface area contributed by atoms with Crippen LogP contribution in [0.1, 0.15) is 10.4 Å². The summed E-state index contributed by atoms with van der Waals surface area (Å²) in [5.74, 6) is 0.121. The maximum absolute atomic E-state index is 13.1. The highest BCUT2D eigenvalue weighted by Crippen LogP contribution is 2.29. The van der Waals surface area contributed by atoms with Crippen LogP contribution in [0.3, 0.4) is 0 Å². The monoisotopic (exact) mass is 376 g/mol. The molecule has 1 aliphatic rings. The fourth-order valence-corrected chi connectivity index (χ4v) is 4.77. The number of fused-ring (bicyclic) bond motifs is 2. The van der Waals surface area contributed by atoms with Gasteiger partial charge in [0.25, 0.3) is 5.91 Å². The predicted molar refractivity (Wildman–Crippen MR) is 111 cm³/mol. The molecule has 0 saturated carbocycles. The number of aryl methyl sites for hydroxylation is 1. The van der Waals surface area contributed by atoms with E-state index in [4.69, 9.17) is 4.98 Å². The molecule has 6 heteroatoms. The minimum absolute atomic E-state index is 0.121. The Bertz CT molecular complexity index is 1100. The molecule has 27 heavy (non-hydrogen) atoms. The highest BCUT2D eigenvalue weighted by molar-refractivity contribution is 7.22. The second-order valence-electron chi connectivity index (χ2n) is 6.91. The Kier molecular flexibility index (Phi) is 3.86. The molecule has 0 bridgehead atoms. The van der Waals surface area contributed by atoms with Gasteiger partial charge in [-0.25, -0.2) is 4.98 Å².